The Morgan fingerprint density at radius 2 is 2.06 bits per heavy atom. The van der Waals surface area contributed by atoms with Crippen LogP contribution in [0.3, 0.4) is 0 Å². The number of aryl methyl sites for hydroxylation is 2. The number of carboxylic acids is 1. The molecule has 32 heavy (non-hydrogen) atoms. The van der Waals surface area contributed by atoms with Gasteiger partial charge in [0.25, 0.3) is 5.91 Å². The number of carbonyl (C=O) groups excluding carboxylic acids is 2. The normalized spacial score (nSPS) is 20.2. The van der Waals surface area contributed by atoms with E-state index in [1.165, 1.54) is 39.8 Å². The number of hydrogen-bond donors (Lipinski definition) is 2. The average Bonchev–Trinajstić information content (AvgIpc) is 3.27. The summed E-state index contributed by atoms with van der Waals surface area (Å²) >= 11 is 7.72. The summed E-state index contributed by atoms with van der Waals surface area (Å²) in [6.07, 6.45) is 0. The zero-order valence-corrected chi connectivity index (χ0v) is 21.3. The number of carboxylic acid groups (broad SMARTS) is 1. The molecule has 2 N–H and O–H groups in total. The fourth-order valence-corrected chi connectivity index (χ4v) is 7.05. The van der Waals surface area contributed by atoms with E-state index in [2.05, 4.69) is 36.5 Å². The Hall–Kier alpha value is -1.90. The predicted octanol–water partition coefficient (Wildman–Crippen LogP) is 1.95. The molecule has 0 aromatic carbocycles. The molecule has 2 aliphatic rings. The molecule has 2 aromatic heterocycles. The van der Waals surface area contributed by atoms with Crippen molar-refractivity contribution in [1.82, 2.24) is 30.2 Å². The van der Waals surface area contributed by atoms with Crippen molar-refractivity contribution in [3.63, 3.8) is 0 Å². The minimum Gasteiger partial charge on any atom is -0.477 e. The maximum atomic E-state index is 12.8. The molecule has 0 saturated carbocycles. The predicted molar refractivity (Wildman–Crippen MR) is 124 cm³/mol. The number of halogens is 1. The lowest BCUT2D eigenvalue weighted by Gasteiger charge is -2.49. The molecule has 0 bridgehead atoms. The molecule has 0 unspecified atom stereocenters. The van der Waals surface area contributed by atoms with E-state index in [4.69, 9.17) is 0 Å². The van der Waals surface area contributed by atoms with Crippen LogP contribution in [0.4, 0.5) is 0 Å². The van der Waals surface area contributed by atoms with Crippen LogP contribution < -0.4 is 5.32 Å². The summed E-state index contributed by atoms with van der Waals surface area (Å²) in [6.45, 7) is 5.51. The van der Waals surface area contributed by atoms with Gasteiger partial charge in [0.15, 0.2) is 4.34 Å². The first kappa shape index (κ1) is 23.3. The highest BCUT2D eigenvalue weighted by atomic mass is 79.9. The molecule has 0 spiro atoms. The summed E-state index contributed by atoms with van der Waals surface area (Å²) in [5.74, 6) is -1.06. The summed E-state index contributed by atoms with van der Waals surface area (Å²) in [4.78, 5) is 38.6. The van der Waals surface area contributed by atoms with E-state index >= 15 is 0 Å². The fourth-order valence-electron chi connectivity index (χ4n) is 3.46. The summed E-state index contributed by atoms with van der Waals surface area (Å²) < 4.78 is 3.16. The highest BCUT2D eigenvalue weighted by Gasteiger charge is 2.54. The number of hydrogen-bond acceptors (Lipinski definition) is 9. The molecule has 2 aliphatic heterocycles. The van der Waals surface area contributed by atoms with Gasteiger partial charge in [0.2, 0.25) is 5.91 Å². The molecular weight excluding hydrogens is 540 g/mol. The second kappa shape index (κ2) is 9.15. The molecule has 14 heteroatoms. The van der Waals surface area contributed by atoms with Crippen molar-refractivity contribution in [2.75, 3.05) is 11.5 Å². The number of amides is 2. The third-order valence-electron chi connectivity index (χ3n) is 5.03. The Kier molecular flexibility index (Phi) is 6.66. The largest absolute Gasteiger partial charge is 0.477 e. The molecule has 4 heterocycles. The van der Waals surface area contributed by atoms with Gasteiger partial charge in [0.1, 0.15) is 28.7 Å². The van der Waals surface area contributed by atoms with Gasteiger partial charge in [-0.15, -0.1) is 22.0 Å². The maximum absolute atomic E-state index is 12.8. The first-order valence-electron chi connectivity index (χ1n) is 9.49. The molecule has 170 valence electrons. The third-order valence-corrected chi connectivity index (χ3v) is 9.58. The summed E-state index contributed by atoms with van der Waals surface area (Å²) in [5.41, 5.74) is 2.24. The van der Waals surface area contributed by atoms with Crippen molar-refractivity contribution in [2.24, 2.45) is 0 Å². The Balaban J connectivity index is 1.43. The van der Waals surface area contributed by atoms with E-state index in [0.717, 1.165) is 25.2 Å². The van der Waals surface area contributed by atoms with Crippen LogP contribution in [0.25, 0.3) is 0 Å². The molecular formula is C18H19BrN6O4S3. The molecule has 2 atom stereocenters. The van der Waals surface area contributed by atoms with Crippen molar-refractivity contribution < 1.29 is 19.5 Å². The second-order valence-electron chi connectivity index (χ2n) is 7.23. The topological polar surface area (TPSA) is 130 Å². The van der Waals surface area contributed by atoms with Gasteiger partial charge in [-0.25, -0.2) is 4.79 Å². The van der Waals surface area contributed by atoms with Crippen LogP contribution in [0, 0.1) is 20.8 Å². The average molecular weight is 559 g/mol. The number of nitrogens with zero attached hydrogens (tertiary/aromatic N) is 5. The SMILES string of the molecule is Cc1nnc(SCC2=C(C(=O)O)N3C(=O)[C@@H](NC(=O)Cn4nc(C)c(Br)c4C)[C@H]3SC2)s1. The number of nitrogens with one attached hydrogen (secondary N) is 1. The number of thioether (sulfide) groups is 2. The number of aliphatic carboxylic acids is 1. The van der Waals surface area contributed by atoms with Gasteiger partial charge in [0.05, 0.1) is 15.9 Å². The van der Waals surface area contributed by atoms with Crippen molar-refractivity contribution in [2.45, 2.75) is 43.1 Å². The van der Waals surface area contributed by atoms with E-state index in [1.54, 1.807) is 4.68 Å². The number of carbonyl (C=O) groups is 3. The van der Waals surface area contributed by atoms with E-state index in [0.29, 0.717) is 17.1 Å². The zero-order valence-electron chi connectivity index (χ0n) is 17.3. The third kappa shape index (κ3) is 4.32. The van der Waals surface area contributed by atoms with Crippen LogP contribution in [0.15, 0.2) is 20.1 Å². The molecule has 4 rings (SSSR count). The number of fused-ring (bicyclic) bond motifs is 1. The van der Waals surface area contributed by atoms with Gasteiger partial charge in [-0.3, -0.25) is 19.2 Å². The standard InChI is InChI=1S/C18H19BrN6O4S3/c1-7-12(19)8(2)24(23-7)4-11(26)20-13-15(27)25-14(17(28)29)10(5-30-16(13)25)6-31-18-22-21-9(3)32-18/h13,16H,4-6H2,1-3H3,(H,20,26)(H,28,29)/t13-,16-/m1/s1. The van der Waals surface area contributed by atoms with Gasteiger partial charge in [-0.1, -0.05) is 23.1 Å². The molecule has 1 fully saturated rings. The Morgan fingerprint density at radius 3 is 2.66 bits per heavy atom. The number of rotatable bonds is 7. The first-order chi connectivity index (χ1) is 15.2. The van der Waals surface area contributed by atoms with Gasteiger partial charge in [0, 0.05) is 11.5 Å². The first-order valence-corrected chi connectivity index (χ1v) is 13.1. The maximum Gasteiger partial charge on any atom is 0.352 e. The van der Waals surface area contributed by atoms with Crippen LogP contribution in [-0.4, -0.2) is 70.7 Å². The Morgan fingerprint density at radius 1 is 1.31 bits per heavy atom. The van der Waals surface area contributed by atoms with Crippen molar-refractivity contribution in [1.29, 1.82) is 0 Å². The monoisotopic (exact) mass is 558 g/mol. The summed E-state index contributed by atoms with van der Waals surface area (Å²) in [5, 5.41) is 25.2. The quantitative estimate of drug-likeness (QED) is 0.386. The molecule has 1 saturated heterocycles. The van der Waals surface area contributed by atoms with Crippen LogP contribution >= 0.6 is 50.8 Å². The number of aromatic nitrogens is 4. The van der Waals surface area contributed by atoms with E-state index in [9.17, 15) is 19.5 Å². The van der Waals surface area contributed by atoms with E-state index in [-0.39, 0.29) is 18.1 Å². The summed E-state index contributed by atoms with van der Waals surface area (Å²) in [7, 11) is 0. The molecule has 2 amide bonds. The van der Waals surface area contributed by atoms with Crippen molar-refractivity contribution in [3.05, 3.63) is 32.1 Å². The van der Waals surface area contributed by atoms with E-state index in [1.807, 2.05) is 20.8 Å². The lowest BCUT2D eigenvalue weighted by Crippen LogP contribution is -2.70. The minimum absolute atomic E-state index is 0.000428. The van der Waals surface area contributed by atoms with Crippen LogP contribution in [-0.2, 0) is 20.9 Å². The molecule has 0 aliphatic carbocycles. The fraction of sp³-hybridized carbons (Fsp3) is 0.444. The molecule has 2 aromatic rings. The lowest BCUT2D eigenvalue weighted by atomic mass is 10.0. The van der Waals surface area contributed by atoms with Crippen LogP contribution in [0.2, 0.25) is 0 Å². The summed E-state index contributed by atoms with van der Waals surface area (Å²) in [6, 6.07) is -0.762. The van der Waals surface area contributed by atoms with E-state index < -0.39 is 23.3 Å². The highest BCUT2D eigenvalue weighted by Crippen LogP contribution is 2.41. The zero-order chi connectivity index (χ0) is 23.2. The van der Waals surface area contributed by atoms with Crippen LogP contribution in [0.5, 0.6) is 0 Å². The lowest BCUT2D eigenvalue weighted by molar-refractivity contribution is -0.150. The van der Waals surface area contributed by atoms with Gasteiger partial charge >= 0.3 is 5.97 Å². The number of β-lactam (4-membered cyclic amide) rings is 1. The molecule has 10 nitrogen and oxygen atoms in total. The molecule has 0 radical (unpaired) electrons. The van der Waals surface area contributed by atoms with Gasteiger partial charge in [-0.05, 0) is 42.3 Å². The van der Waals surface area contributed by atoms with Gasteiger partial charge in [-0.2, -0.15) is 5.10 Å². The Bertz CT molecular complexity index is 1150. The van der Waals surface area contributed by atoms with Gasteiger partial charge < -0.3 is 10.4 Å². The van der Waals surface area contributed by atoms with Crippen LogP contribution in [0.1, 0.15) is 16.4 Å². The minimum atomic E-state index is -1.15. The second-order valence-corrected chi connectivity index (χ2v) is 11.5. The smallest absolute Gasteiger partial charge is 0.352 e. The van der Waals surface area contributed by atoms with Crippen molar-refractivity contribution in [3.8, 4) is 0 Å². The van der Waals surface area contributed by atoms with Crippen molar-refractivity contribution >= 4 is 68.6 Å². The highest BCUT2D eigenvalue weighted by molar-refractivity contribution is 9.10. The Labute approximate surface area is 204 Å².